The molecule has 1 aromatic rings. The van der Waals surface area contributed by atoms with Gasteiger partial charge in [0.25, 0.3) is 0 Å². The van der Waals surface area contributed by atoms with E-state index in [1.165, 1.54) is 0 Å². The van der Waals surface area contributed by atoms with Gasteiger partial charge in [-0.15, -0.1) is 0 Å². The van der Waals surface area contributed by atoms with Crippen molar-refractivity contribution < 1.29 is 9.90 Å². The molecule has 1 unspecified atom stereocenters. The minimum atomic E-state index is -2.10. The topological polar surface area (TPSA) is 99.2 Å². The van der Waals surface area contributed by atoms with Gasteiger partial charge in [0, 0.05) is 0 Å². The number of amides is 1. The van der Waals surface area contributed by atoms with Crippen LogP contribution in [-0.2, 0) is 4.79 Å². The summed E-state index contributed by atoms with van der Waals surface area (Å²) >= 11 is -2.10. The van der Waals surface area contributed by atoms with E-state index in [4.69, 9.17) is 4.98 Å². The number of hydrogen-bond acceptors (Lipinski definition) is 6. The average Bonchev–Trinajstić information content (AvgIpc) is 3.21. The fraction of sp³-hybridized carbons (Fsp3) is 0.611. The maximum atomic E-state index is 13.0. The van der Waals surface area contributed by atoms with E-state index in [1.54, 1.807) is 6.20 Å². The summed E-state index contributed by atoms with van der Waals surface area (Å²) in [5.74, 6) is 0.491. The van der Waals surface area contributed by atoms with Crippen LogP contribution in [0.15, 0.2) is 22.2 Å². The summed E-state index contributed by atoms with van der Waals surface area (Å²) in [6, 6.07) is 1.78. The molecule has 0 bridgehead atoms. The molecule has 1 aliphatic heterocycles. The summed E-state index contributed by atoms with van der Waals surface area (Å²) in [6.07, 6.45) is 9.33. The predicted molar refractivity (Wildman–Crippen MR) is 103 cm³/mol. The third-order valence-electron chi connectivity index (χ3n) is 5.32. The summed E-state index contributed by atoms with van der Waals surface area (Å²) in [5.41, 5.74) is -0.687. The first-order valence-electron chi connectivity index (χ1n) is 9.60. The first-order valence-corrected chi connectivity index (χ1v) is 14.8. The monoisotopic (exact) mass is 461 g/mol. The molecule has 4 N–H and O–H groups in total. The first kappa shape index (κ1) is 19.6. The van der Waals surface area contributed by atoms with Gasteiger partial charge in [-0.05, 0) is 0 Å². The van der Waals surface area contributed by atoms with Crippen LogP contribution in [0, 0.1) is 0 Å². The van der Waals surface area contributed by atoms with Crippen LogP contribution in [0.5, 0.6) is 0 Å². The van der Waals surface area contributed by atoms with Crippen LogP contribution in [0.1, 0.15) is 45.4 Å². The molecular weight excluding hydrogens is 433 g/mol. The van der Waals surface area contributed by atoms with Crippen molar-refractivity contribution in [1.82, 2.24) is 18.6 Å². The molecule has 1 fully saturated rings. The summed E-state index contributed by atoms with van der Waals surface area (Å²) in [5, 5.41) is 15.8. The van der Waals surface area contributed by atoms with E-state index in [0.29, 0.717) is 12.4 Å². The summed E-state index contributed by atoms with van der Waals surface area (Å²) in [7, 11) is 0. The van der Waals surface area contributed by atoms with E-state index in [9.17, 15) is 9.90 Å². The second-order valence-corrected chi connectivity index (χ2v) is 13.8. The zero-order valence-electron chi connectivity index (χ0n) is 15.4. The molecular formula is C18H28InN5O2. The molecule has 2 heterocycles. The van der Waals surface area contributed by atoms with Gasteiger partial charge in [-0.25, -0.2) is 0 Å². The Morgan fingerprint density at radius 3 is 2.88 bits per heavy atom. The van der Waals surface area contributed by atoms with Crippen molar-refractivity contribution in [2.75, 3.05) is 18.5 Å². The maximum absolute atomic E-state index is 13.0. The van der Waals surface area contributed by atoms with E-state index in [2.05, 4.69) is 28.8 Å². The fourth-order valence-corrected chi connectivity index (χ4v) is 9.06. The van der Waals surface area contributed by atoms with Crippen LogP contribution in [0.25, 0.3) is 0 Å². The number of aliphatic hydroxyl groups excluding tert-OH is 1. The van der Waals surface area contributed by atoms with E-state index in [1.807, 2.05) is 13.0 Å². The molecule has 26 heavy (non-hydrogen) atoms. The van der Waals surface area contributed by atoms with Gasteiger partial charge in [0.2, 0.25) is 0 Å². The fourth-order valence-electron chi connectivity index (χ4n) is 3.65. The van der Waals surface area contributed by atoms with Crippen LogP contribution < -0.4 is 17.4 Å². The van der Waals surface area contributed by atoms with Crippen molar-refractivity contribution in [2.45, 2.75) is 57.0 Å². The van der Waals surface area contributed by atoms with Crippen LogP contribution in [0.4, 0.5) is 5.95 Å². The second kappa shape index (κ2) is 9.19. The molecule has 1 atom stereocenters. The molecule has 1 aliphatic carbocycles. The Labute approximate surface area is 163 Å². The Bertz CT molecular complexity index is 644. The number of anilines is 1. The predicted octanol–water partition coefficient (Wildman–Crippen LogP) is 0.376. The van der Waals surface area contributed by atoms with Gasteiger partial charge in [-0.1, -0.05) is 0 Å². The molecule has 1 amide bonds. The third-order valence-corrected chi connectivity index (χ3v) is 11.9. The Morgan fingerprint density at radius 1 is 1.42 bits per heavy atom. The van der Waals surface area contributed by atoms with Crippen LogP contribution in [0.3, 0.4) is 0 Å². The molecule has 140 valence electrons. The molecule has 2 aliphatic rings. The molecule has 0 saturated heterocycles. The molecule has 0 radical (unpaired) electrons. The molecule has 1 saturated carbocycles. The van der Waals surface area contributed by atoms with Gasteiger partial charge in [-0.2, -0.15) is 0 Å². The third kappa shape index (κ3) is 4.58. The van der Waals surface area contributed by atoms with Crippen molar-refractivity contribution in [3.05, 3.63) is 22.2 Å². The van der Waals surface area contributed by atoms with Crippen molar-refractivity contribution in [3.8, 4) is 0 Å². The van der Waals surface area contributed by atoms with Gasteiger partial charge >= 0.3 is 163 Å². The Hall–Kier alpha value is -1.12. The Balaban J connectivity index is 1.79. The summed E-state index contributed by atoms with van der Waals surface area (Å²) < 4.78 is 6.95. The molecule has 0 aromatic carbocycles. The van der Waals surface area contributed by atoms with Gasteiger partial charge in [0.05, 0.1) is 0 Å². The number of carbonyl (C=O) groups is 1. The molecule has 8 heteroatoms. The molecule has 0 spiro atoms. The van der Waals surface area contributed by atoms with E-state index in [0.717, 1.165) is 42.1 Å². The number of rotatable bonds is 7. The number of nitrogens with one attached hydrogen (secondary N) is 3. The minimum absolute atomic E-state index is 0.0432. The van der Waals surface area contributed by atoms with Crippen LogP contribution in [0.2, 0.25) is 0 Å². The zero-order valence-corrected chi connectivity index (χ0v) is 18.7. The normalized spacial score (nSPS) is 20.0. The van der Waals surface area contributed by atoms with Crippen molar-refractivity contribution in [1.29, 1.82) is 0 Å². The number of hydrogen-bond donors (Lipinski definition) is 4. The van der Waals surface area contributed by atoms with E-state index < -0.39 is 27.3 Å². The molecule has 3 rings (SSSR count). The van der Waals surface area contributed by atoms with Crippen molar-refractivity contribution >= 4 is 37.0 Å². The zero-order chi connectivity index (χ0) is 18.4. The standard InChI is InChI=1S/C15H23N4O2.C3H5N.In/c1-2-12(11-20)18-13(21)15(7-4-3-5-8-15)19-14-16-9-6-10-17-14;1-2-3-4;/h6,9,12,20H,2-5,7-8,11H2,1H3,(H,18,21)(H,16,17,19);1-2,4H,3H2;/q;-1;+1. The van der Waals surface area contributed by atoms with Crippen molar-refractivity contribution in [2.24, 2.45) is 0 Å². The molecule has 1 aromatic heterocycles. The first-order chi connectivity index (χ1) is 12.7. The number of aliphatic hydroxyl groups is 1. The molecule has 7 nitrogen and oxygen atoms in total. The SMILES string of the molecule is CCC(CO)NC(=O)C1(Nc2ncc[c]([In]3[CH]=CC[NH]3)n2)CCCCC1. The Kier molecular flexibility index (Phi) is 6.94. The average molecular weight is 461 g/mol. The van der Waals surface area contributed by atoms with Crippen LogP contribution >= 0.6 is 0 Å². The Morgan fingerprint density at radius 2 is 2.23 bits per heavy atom. The van der Waals surface area contributed by atoms with Crippen LogP contribution in [-0.4, -0.2) is 67.4 Å². The summed E-state index contributed by atoms with van der Waals surface area (Å²) in [6.45, 7) is 2.85. The van der Waals surface area contributed by atoms with E-state index in [-0.39, 0.29) is 18.6 Å². The number of aromatic nitrogens is 2. The quantitative estimate of drug-likeness (QED) is 0.469. The van der Waals surface area contributed by atoms with Gasteiger partial charge in [0.15, 0.2) is 0 Å². The number of carbonyl (C=O) groups excluding carboxylic acids is 1. The van der Waals surface area contributed by atoms with Crippen molar-refractivity contribution in [3.63, 3.8) is 0 Å². The van der Waals surface area contributed by atoms with Gasteiger partial charge in [-0.3, -0.25) is 0 Å². The second-order valence-electron chi connectivity index (χ2n) is 7.15. The van der Waals surface area contributed by atoms with E-state index >= 15 is 0 Å². The van der Waals surface area contributed by atoms with Gasteiger partial charge < -0.3 is 0 Å². The number of nitrogens with zero attached hydrogens (tertiary/aromatic N) is 2. The summed E-state index contributed by atoms with van der Waals surface area (Å²) in [4.78, 5) is 22.1. The van der Waals surface area contributed by atoms with Gasteiger partial charge in [0.1, 0.15) is 0 Å².